The normalized spacial score (nSPS) is 11.1. The Bertz CT molecular complexity index is 1140. The molecule has 2 heterocycles. The van der Waals surface area contributed by atoms with Gasteiger partial charge < -0.3 is 29.5 Å². The summed E-state index contributed by atoms with van der Waals surface area (Å²) in [6, 6.07) is 6.52. The highest BCUT2D eigenvalue weighted by Gasteiger charge is 2.26. The van der Waals surface area contributed by atoms with Crippen LogP contribution in [0.25, 0.3) is 11.3 Å². The van der Waals surface area contributed by atoms with Crippen LogP contribution in [0.5, 0.6) is 5.75 Å². The molecule has 1 aromatic carbocycles. The van der Waals surface area contributed by atoms with Crippen molar-refractivity contribution in [3.63, 3.8) is 0 Å². The van der Waals surface area contributed by atoms with E-state index in [0.717, 1.165) is 5.56 Å². The number of nitrogens with zero attached hydrogens (tertiary/aromatic N) is 1. The second-order valence-electron chi connectivity index (χ2n) is 8.11. The Labute approximate surface area is 190 Å². The summed E-state index contributed by atoms with van der Waals surface area (Å²) in [5, 5.41) is 7.84. The van der Waals surface area contributed by atoms with Gasteiger partial charge in [0.25, 0.3) is 5.91 Å². The van der Waals surface area contributed by atoms with Gasteiger partial charge in [0.1, 0.15) is 11.5 Å². The summed E-state index contributed by atoms with van der Waals surface area (Å²) in [4.78, 5) is 41.0. The van der Waals surface area contributed by atoms with Crippen LogP contribution in [0.1, 0.15) is 35.7 Å². The number of aromatic nitrogens is 1. The van der Waals surface area contributed by atoms with Gasteiger partial charge in [-0.25, -0.2) is 4.98 Å². The highest BCUT2D eigenvalue weighted by atomic mass is 16.5. The zero-order chi connectivity index (χ0) is 24.2. The first-order valence-electron chi connectivity index (χ1n) is 10.2. The summed E-state index contributed by atoms with van der Waals surface area (Å²) in [6.07, 6.45) is 2.84. The minimum Gasteiger partial charge on any atom is -0.496 e. The molecule has 0 atom stereocenters. The van der Waals surface area contributed by atoms with Crippen LogP contribution < -0.4 is 20.7 Å². The van der Waals surface area contributed by atoms with Crippen molar-refractivity contribution in [1.29, 1.82) is 0 Å². The van der Waals surface area contributed by atoms with E-state index in [9.17, 15) is 14.4 Å². The second-order valence-corrected chi connectivity index (χ2v) is 8.11. The lowest BCUT2D eigenvalue weighted by atomic mass is 10.1. The molecule has 0 spiro atoms. The van der Waals surface area contributed by atoms with Gasteiger partial charge in [-0.2, -0.15) is 0 Å². The number of anilines is 1. The quantitative estimate of drug-likeness (QED) is 0.467. The van der Waals surface area contributed by atoms with Crippen LogP contribution in [-0.2, 0) is 9.59 Å². The summed E-state index contributed by atoms with van der Waals surface area (Å²) >= 11 is 0. The minimum atomic E-state index is -0.894. The van der Waals surface area contributed by atoms with Crippen LogP contribution in [0.4, 0.5) is 5.69 Å². The molecule has 33 heavy (non-hydrogen) atoms. The van der Waals surface area contributed by atoms with Crippen LogP contribution in [-0.4, -0.2) is 41.9 Å². The molecule has 174 valence electrons. The minimum absolute atomic E-state index is 0.0867. The van der Waals surface area contributed by atoms with Crippen molar-refractivity contribution in [2.75, 3.05) is 19.0 Å². The van der Waals surface area contributed by atoms with Crippen molar-refractivity contribution in [3.05, 3.63) is 53.9 Å². The van der Waals surface area contributed by atoms with E-state index in [1.165, 1.54) is 13.5 Å². The van der Waals surface area contributed by atoms with Crippen LogP contribution in [0.2, 0.25) is 0 Å². The molecular formula is C23H26N4O6. The number of carbonyl (C=O) groups excluding carboxylic acids is 3. The smallest absolute Gasteiger partial charge is 0.313 e. The summed E-state index contributed by atoms with van der Waals surface area (Å²) in [5.74, 6) is -0.319. The van der Waals surface area contributed by atoms with Gasteiger partial charge in [-0.1, -0.05) is 0 Å². The maximum atomic E-state index is 12.4. The molecule has 0 fully saturated rings. The van der Waals surface area contributed by atoms with Crippen molar-refractivity contribution < 1.29 is 28.0 Å². The van der Waals surface area contributed by atoms with E-state index in [1.54, 1.807) is 51.2 Å². The van der Waals surface area contributed by atoms with Gasteiger partial charge in [0, 0.05) is 18.3 Å². The van der Waals surface area contributed by atoms with Gasteiger partial charge in [-0.15, -0.1) is 0 Å². The molecule has 10 nitrogen and oxygen atoms in total. The number of methoxy groups -OCH3 is 1. The lowest BCUT2D eigenvalue weighted by Gasteiger charge is -2.26. The molecule has 3 rings (SSSR count). The number of ether oxygens (including phenoxy) is 1. The molecule has 3 aromatic rings. The molecule has 0 radical (unpaired) electrons. The number of oxazole rings is 1. The first kappa shape index (κ1) is 23.6. The fraction of sp³-hybridized carbons (Fsp3) is 0.304. The van der Waals surface area contributed by atoms with Gasteiger partial charge in [0.2, 0.25) is 0 Å². The van der Waals surface area contributed by atoms with Gasteiger partial charge in [-0.3, -0.25) is 14.4 Å². The van der Waals surface area contributed by atoms with E-state index in [1.807, 2.05) is 6.92 Å². The van der Waals surface area contributed by atoms with Crippen molar-refractivity contribution in [3.8, 4) is 17.1 Å². The van der Waals surface area contributed by atoms with Gasteiger partial charge >= 0.3 is 11.8 Å². The Hall–Kier alpha value is -4.08. The molecule has 0 unspecified atom stereocenters. The molecule has 2 aromatic heterocycles. The van der Waals surface area contributed by atoms with Crippen LogP contribution in [0.3, 0.4) is 0 Å². The zero-order valence-corrected chi connectivity index (χ0v) is 19.1. The third-order valence-electron chi connectivity index (χ3n) is 4.90. The topological polar surface area (TPSA) is 136 Å². The SMILES string of the molecule is COc1cc(NC(=O)C(=O)NC(C)(C)CNC(=O)c2cc(C)c(C)o2)ccc1-c1cnco1. The number of furan rings is 1. The van der Waals surface area contributed by atoms with Crippen LogP contribution in [0.15, 0.2) is 45.7 Å². The van der Waals surface area contributed by atoms with Crippen molar-refractivity contribution >= 4 is 23.4 Å². The fourth-order valence-corrected chi connectivity index (χ4v) is 2.99. The van der Waals surface area contributed by atoms with Crippen molar-refractivity contribution in [1.82, 2.24) is 15.6 Å². The summed E-state index contributed by atoms with van der Waals surface area (Å²) < 4.78 is 16.0. The molecular weight excluding hydrogens is 428 g/mol. The Morgan fingerprint density at radius 2 is 1.88 bits per heavy atom. The predicted molar refractivity (Wildman–Crippen MR) is 120 cm³/mol. The predicted octanol–water partition coefficient (Wildman–Crippen LogP) is 2.82. The maximum absolute atomic E-state index is 12.4. The maximum Gasteiger partial charge on any atom is 0.313 e. The number of hydrogen-bond donors (Lipinski definition) is 3. The molecule has 0 aliphatic heterocycles. The third-order valence-corrected chi connectivity index (χ3v) is 4.90. The van der Waals surface area contributed by atoms with E-state index >= 15 is 0 Å². The van der Waals surface area contributed by atoms with E-state index in [2.05, 4.69) is 20.9 Å². The Balaban J connectivity index is 1.58. The van der Waals surface area contributed by atoms with Gasteiger partial charge in [0.15, 0.2) is 17.9 Å². The Morgan fingerprint density at radius 1 is 1.12 bits per heavy atom. The average molecular weight is 454 g/mol. The van der Waals surface area contributed by atoms with E-state index in [-0.39, 0.29) is 12.3 Å². The van der Waals surface area contributed by atoms with E-state index in [4.69, 9.17) is 13.6 Å². The number of nitrogens with one attached hydrogen (secondary N) is 3. The third kappa shape index (κ3) is 5.79. The number of carbonyl (C=O) groups is 3. The standard InChI is InChI=1S/C23H26N4O6/c1-13-8-18(33-14(13)2)20(28)25-11-23(3,4)27-22(30)21(29)26-15-6-7-16(17(9-15)31-5)19-10-24-12-32-19/h6-10,12H,11H2,1-5H3,(H,25,28)(H,26,29)(H,27,30). The summed E-state index contributed by atoms with van der Waals surface area (Å²) in [6.45, 7) is 7.07. The average Bonchev–Trinajstić information content (AvgIpc) is 3.42. The van der Waals surface area contributed by atoms with E-state index < -0.39 is 23.3 Å². The monoisotopic (exact) mass is 454 g/mol. The molecule has 0 saturated carbocycles. The Morgan fingerprint density at radius 3 is 2.48 bits per heavy atom. The summed E-state index contributed by atoms with van der Waals surface area (Å²) in [7, 11) is 1.48. The van der Waals surface area contributed by atoms with Gasteiger partial charge in [-0.05, 0) is 51.5 Å². The Kier molecular flexibility index (Phi) is 6.86. The molecule has 0 bridgehead atoms. The molecule has 3 amide bonds. The second kappa shape index (κ2) is 9.60. The van der Waals surface area contributed by atoms with Crippen LogP contribution in [0, 0.1) is 13.8 Å². The fourth-order valence-electron chi connectivity index (χ4n) is 2.99. The number of aryl methyl sites for hydroxylation is 2. The van der Waals surface area contributed by atoms with Crippen molar-refractivity contribution in [2.45, 2.75) is 33.2 Å². The molecule has 3 N–H and O–H groups in total. The number of hydrogen-bond acceptors (Lipinski definition) is 7. The summed E-state index contributed by atoms with van der Waals surface area (Å²) in [5.41, 5.74) is 0.991. The first-order chi connectivity index (χ1) is 15.6. The molecule has 0 aliphatic rings. The molecule has 0 saturated heterocycles. The molecule has 0 aliphatic carbocycles. The lowest BCUT2D eigenvalue weighted by molar-refractivity contribution is -0.137. The zero-order valence-electron chi connectivity index (χ0n) is 19.1. The lowest BCUT2D eigenvalue weighted by Crippen LogP contribution is -2.54. The number of benzene rings is 1. The van der Waals surface area contributed by atoms with Crippen molar-refractivity contribution in [2.24, 2.45) is 0 Å². The van der Waals surface area contributed by atoms with Crippen LogP contribution >= 0.6 is 0 Å². The van der Waals surface area contributed by atoms with Gasteiger partial charge in [0.05, 0.1) is 24.4 Å². The number of amides is 3. The largest absolute Gasteiger partial charge is 0.496 e. The number of rotatable bonds is 7. The highest BCUT2D eigenvalue weighted by molar-refractivity contribution is 6.39. The highest BCUT2D eigenvalue weighted by Crippen LogP contribution is 2.32. The first-order valence-corrected chi connectivity index (χ1v) is 10.2. The van der Waals surface area contributed by atoms with E-state index in [0.29, 0.717) is 28.5 Å². The molecule has 10 heteroatoms.